The lowest BCUT2D eigenvalue weighted by molar-refractivity contribution is -0.121. The largest absolute Gasteiger partial charge is 0.340 e. The van der Waals surface area contributed by atoms with E-state index in [1.165, 1.54) is 0 Å². The summed E-state index contributed by atoms with van der Waals surface area (Å²) >= 11 is 0. The van der Waals surface area contributed by atoms with Crippen LogP contribution in [-0.4, -0.2) is 23.9 Å². The third kappa shape index (κ3) is 2.94. The quantitative estimate of drug-likeness (QED) is 0.905. The van der Waals surface area contributed by atoms with E-state index >= 15 is 0 Å². The van der Waals surface area contributed by atoms with Gasteiger partial charge in [-0.15, -0.1) is 0 Å². The maximum atomic E-state index is 12.9. The fourth-order valence-corrected chi connectivity index (χ4v) is 2.97. The van der Waals surface area contributed by atoms with Gasteiger partial charge >= 0.3 is 0 Å². The van der Waals surface area contributed by atoms with Crippen molar-refractivity contribution < 1.29 is 9.59 Å². The van der Waals surface area contributed by atoms with Crippen molar-refractivity contribution in [1.82, 2.24) is 5.32 Å². The Balaban J connectivity index is 2.52. The molecule has 21 heavy (non-hydrogen) atoms. The molecule has 1 aliphatic rings. The molecule has 1 aromatic rings. The van der Waals surface area contributed by atoms with Gasteiger partial charge in [0, 0.05) is 6.04 Å². The number of fused-ring (bicyclic) bond motifs is 1. The number of hydrogen-bond acceptors (Lipinski definition) is 2. The molecule has 0 aromatic heterocycles. The summed E-state index contributed by atoms with van der Waals surface area (Å²) < 4.78 is 0. The van der Waals surface area contributed by atoms with E-state index in [0.29, 0.717) is 12.0 Å². The van der Waals surface area contributed by atoms with E-state index < -0.39 is 6.04 Å². The highest BCUT2D eigenvalue weighted by atomic mass is 16.2. The van der Waals surface area contributed by atoms with Gasteiger partial charge in [0.25, 0.3) is 5.91 Å². The second kappa shape index (κ2) is 6.74. The van der Waals surface area contributed by atoms with Crippen LogP contribution in [0.3, 0.4) is 0 Å². The molecule has 0 radical (unpaired) electrons. The van der Waals surface area contributed by atoms with E-state index in [4.69, 9.17) is 0 Å². The Kier molecular flexibility index (Phi) is 4.99. The first-order valence-corrected chi connectivity index (χ1v) is 7.86. The zero-order chi connectivity index (χ0) is 15.4. The number of amides is 2. The molecule has 0 bridgehead atoms. The summed E-state index contributed by atoms with van der Waals surface area (Å²) in [5.41, 5.74) is 1.34. The number of para-hydroxylation sites is 1. The number of carbonyl (C=O) groups is 2. The highest BCUT2D eigenvalue weighted by Crippen LogP contribution is 2.28. The lowest BCUT2D eigenvalue weighted by atomic mass is 10.0. The van der Waals surface area contributed by atoms with Gasteiger partial charge in [0.05, 0.1) is 11.3 Å². The Morgan fingerprint density at radius 1 is 1.14 bits per heavy atom. The average molecular weight is 288 g/mol. The number of rotatable bonds is 5. The minimum Gasteiger partial charge on any atom is -0.340 e. The van der Waals surface area contributed by atoms with E-state index in [1.807, 2.05) is 30.0 Å². The number of nitrogens with one attached hydrogen (secondary N) is 1. The highest BCUT2D eigenvalue weighted by molar-refractivity contribution is 6.11. The molecule has 1 aliphatic heterocycles. The van der Waals surface area contributed by atoms with Gasteiger partial charge in [-0.05, 0) is 31.4 Å². The molecule has 4 nitrogen and oxygen atoms in total. The van der Waals surface area contributed by atoms with Crippen LogP contribution in [0.15, 0.2) is 24.3 Å². The maximum absolute atomic E-state index is 12.9. The van der Waals surface area contributed by atoms with Gasteiger partial charge in [-0.25, -0.2) is 0 Å². The standard InChI is InChI=1S/C17H24N2O2/c1-4-9-14-17(21)19(12(5-2)6-3)15-11-8-7-10-13(15)16(20)18-14/h7-8,10-12,14H,4-6,9H2,1-3H3,(H,18,20). The minimum atomic E-state index is -0.421. The number of anilines is 1. The Morgan fingerprint density at radius 3 is 2.43 bits per heavy atom. The Bertz CT molecular complexity index is 523. The van der Waals surface area contributed by atoms with E-state index in [1.54, 1.807) is 6.07 Å². The fourth-order valence-electron chi connectivity index (χ4n) is 2.97. The van der Waals surface area contributed by atoms with Crippen LogP contribution < -0.4 is 10.2 Å². The Morgan fingerprint density at radius 2 is 1.81 bits per heavy atom. The van der Waals surface area contributed by atoms with E-state index in [9.17, 15) is 9.59 Å². The van der Waals surface area contributed by atoms with Crippen molar-refractivity contribution in [2.75, 3.05) is 4.90 Å². The summed E-state index contributed by atoms with van der Waals surface area (Å²) in [6.45, 7) is 6.19. The molecule has 2 rings (SSSR count). The molecule has 1 atom stereocenters. The van der Waals surface area contributed by atoms with Gasteiger partial charge in [-0.2, -0.15) is 0 Å². The zero-order valence-corrected chi connectivity index (χ0v) is 13.1. The third-order valence-electron chi connectivity index (χ3n) is 4.13. The van der Waals surface area contributed by atoms with Crippen LogP contribution in [0, 0.1) is 0 Å². The SMILES string of the molecule is CCCC1NC(=O)c2ccccc2N(C(CC)CC)C1=O. The van der Waals surface area contributed by atoms with Crippen molar-refractivity contribution in [3.63, 3.8) is 0 Å². The van der Waals surface area contributed by atoms with Gasteiger partial charge in [-0.1, -0.05) is 39.3 Å². The number of benzene rings is 1. The lowest BCUT2D eigenvalue weighted by Gasteiger charge is -2.32. The molecule has 1 unspecified atom stereocenters. The van der Waals surface area contributed by atoms with Crippen LogP contribution in [0.4, 0.5) is 5.69 Å². The minimum absolute atomic E-state index is 0.0175. The number of hydrogen-bond donors (Lipinski definition) is 1. The Labute approximate surface area is 126 Å². The van der Waals surface area contributed by atoms with Crippen molar-refractivity contribution in [2.45, 2.75) is 58.5 Å². The van der Waals surface area contributed by atoms with Gasteiger partial charge in [0.1, 0.15) is 6.04 Å². The normalized spacial score (nSPS) is 18.5. The first-order valence-electron chi connectivity index (χ1n) is 7.86. The van der Waals surface area contributed by atoms with Crippen molar-refractivity contribution in [2.24, 2.45) is 0 Å². The van der Waals surface area contributed by atoms with E-state index in [0.717, 1.165) is 24.9 Å². The summed E-state index contributed by atoms with van der Waals surface area (Å²) in [6.07, 6.45) is 3.30. The van der Waals surface area contributed by atoms with Crippen molar-refractivity contribution in [3.8, 4) is 0 Å². The summed E-state index contributed by atoms with van der Waals surface area (Å²) in [7, 11) is 0. The molecule has 0 spiro atoms. The van der Waals surface area contributed by atoms with Crippen molar-refractivity contribution in [1.29, 1.82) is 0 Å². The van der Waals surface area contributed by atoms with E-state index in [2.05, 4.69) is 19.2 Å². The van der Waals surface area contributed by atoms with Crippen LogP contribution in [0.2, 0.25) is 0 Å². The average Bonchev–Trinajstić information content (AvgIpc) is 2.60. The first kappa shape index (κ1) is 15.5. The topological polar surface area (TPSA) is 49.4 Å². The summed E-state index contributed by atoms with van der Waals surface area (Å²) in [6, 6.07) is 7.10. The van der Waals surface area contributed by atoms with Gasteiger partial charge < -0.3 is 10.2 Å². The van der Waals surface area contributed by atoms with Crippen LogP contribution in [0.5, 0.6) is 0 Å². The molecular formula is C17H24N2O2. The Hall–Kier alpha value is -1.84. The summed E-state index contributed by atoms with van der Waals surface area (Å²) in [5, 5.41) is 2.89. The fraction of sp³-hybridized carbons (Fsp3) is 0.529. The van der Waals surface area contributed by atoms with Crippen LogP contribution in [0.1, 0.15) is 56.8 Å². The summed E-state index contributed by atoms with van der Waals surface area (Å²) in [4.78, 5) is 27.1. The maximum Gasteiger partial charge on any atom is 0.254 e. The second-order valence-electron chi connectivity index (χ2n) is 5.51. The van der Waals surface area contributed by atoms with Gasteiger partial charge in [0.2, 0.25) is 5.91 Å². The zero-order valence-electron chi connectivity index (χ0n) is 13.1. The molecule has 0 saturated heterocycles. The van der Waals surface area contributed by atoms with Crippen LogP contribution >= 0.6 is 0 Å². The smallest absolute Gasteiger partial charge is 0.254 e. The van der Waals surface area contributed by atoms with E-state index in [-0.39, 0.29) is 17.9 Å². The van der Waals surface area contributed by atoms with Gasteiger partial charge in [0.15, 0.2) is 0 Å². The first-order chi connectivity index (χ1) is 10.1. The molecule has 2 amide bonds. The molecule has 0 saturated carbocycles. The molecule has 4 heteroatoms. The van der Waals surface area contributed by atoms with Gasteiger partial charge in [-0.3, -0.25) is 9.59 Å². The molecule has 1 heterocycles. The molecule has 114 valence electrons. The number of nitrogens with zero attached hydrogens (tertiary/aromatic N) is 1. The molecule has 1 N–H and O–H groups in total. The van der Waals surface area contributed by atoms with Crippen molar-refractivity contribution >= 4 is 17.5 Å². The predicted molar refractivity (Wildman–Crippen MR) is 84.5 cm³/mol. The highest BCUT2D eigenvalue weighted by Gasteiger charge is 2.35. The lowest BCUT2D eigenvalue weighted by Crippen LogP contribution is -2.49. The molecule has 0 fully saturated rings. The van der Waals surface area contributed by atoms with Crippen LogP contribution in [-0.2, 0) is 4.79 Å². The van der Waals surface area contributed by atoms with Crippen molar-refractivity contribution in [3.05, 3.63) is 29.8 Å². The number of carbonyl (C=O) groups excluding carboxylic acids is 2. The second-order valence-corrected chi connectivity index (χ2v) is 5.51. The molecule has 0 aliphatic carbocycles. The summed E-state index contributed by atoms with van der Waals surface area (Å²) in [5.74, 6) is -0.130. The molecular weight excluding hydrogens is 264 g/mol. The monoisotopic (exact) mass is 288 g/mol. The molecule has 1 aromatic carbocycles. The predicted octanol–water partition coefficient (Wildman–Crippen LogP) is 3.12. The third-order valence-corrected chi connectivity index (χ3v) is 4.13. The van der Waals surface area contributed by atoms with Crippen LogP contribution in [0.25, 0.3) is 0 Å².